The summed E-state index contributed by atoms with van der Waals surface area (Å²) in [5.41, 5.74) is 3.24. The van der Waals surface area contributed by atoms with Gasteiger partial charge in [0, 0.05) is 0 Å². The van der Waals surface area contributed by atoms with Crippen LogP contribution in [0.4, 0.5) is 0 Å². The van der Waals surface area contributed by atoms with Gasteiger partial charge < -0.3 is 18.9 Å². The molecule has 0 heterocycles. The molecule has 0 unspecified atom stereocenters. The average Bonchev–Trinajstić information content (AvgIpc) is 2.96. The van der Waals surface area contributed by atoms with Crippen molar-refractivity contribution in [3.63, 3.8) is 0 Å². The Morgan fingerprint density at radius 3 is 1.86 bits per heavy atom. The van der Waals surface area contributed by atoms with Crippen LogP contribution in [0.5, 0.6) is 17.2 Å². The molecular weight excluding hydrogens is 464 g/mol. The van der Waals surface area contributed by atoms with Crippen molar-refractivity contribution >= 4 is 5.97 Å². The average molecular weight is 497 g/mol. The summed E-state index contributed by atoms with van der Waals surface area (Å²) in [4.78, 5) is 13.1. The van der Waals surface area contributed by atoms with Gasteiger partial charge in [-0.1, -0.05) is 86.1 Å². The van der Waals surface area contributed by atoms with Crippen LogP contribution in [0.1, 0.15) is 46.8 Å². The van der Waals surface area contributed by atoms with Crippen molar-refractivity contribution in [3.05, 3.63) is 125 Å². The number of benzene rings is 4. The molecule has 4 aromatic rings. The Labute approximate surface area is 218 Å². The fraction of sp³-hybridized carbons (Fsp3) is 0.219. The summed E-state index contributed by atoms with van der Waals surface area (Å²) in [6.07, 6.45) is 2.10. The van der Waals surface area contributed by atoms with E-state index >= 15 is 0 Å². The van der Waals surface area contributed by atoms with Crippen LogP contribution in [-0.4, -0.2) is 12.6 Å². The first-order valence-corrected chi connectivity index (χ1v) is 12.6. The van der Waals surface area contributed by atoms with Crippen molar-refractivity contribution in [1.82, 2.24) is 0 Å². The Bertz CT molecular complexity index is 1240. The van der Waals surface area contributed by atoms with E-state index in [4.69, 9.17) is 18.9 Å². The lowest BCUT2D eigenvalue weighted by Gasteiger charge is -2.14. The Balaban J connectivity index is 1.43. The van der Waals surface area contributed by atoms with Crippen molar-refractivity contribution in [2.24, 2.45) is 0 Å². The lowest BCUT2D eigenvalue weighted by atomic mass is 10.1. The number of hydrogen-bond donors (Lipinski definition) is 0. The second-order valence-electron chi connectivity index (χ2n) is 8.63. The minimum atomic E-state index is -0.475. The van der Waals surface area contributed by atoms with Gasteiger partial charge in [-0.15, -0.1) is 0 Å². The smallest absolute Gasteiger partial charge is 0.342 e. The monoisotopic (exact) mass is 496 g/mol. The quantitative estimate of drug-likeness (QED) is 0.143. The van der Waals surface area contributed by atoms with Crippen LogP contribution in [0.15, 0.2) is 103 Å². The third-order valence-electron chi connectivity index (χ3n) is 5.72. The molecule has 0 amide bonds. The van der Waals surface area contributed by atoms with Crippen LogP contribution in [-0.2, 0) is 24.6 Å². The van der Waals surface area contributed by atoms with Crippen LogP contribution < -0.4 is 14.2 Å². The highest BCUT2D eigenvalue weighted by molar-refractivity contribution is 5.93. The Hall–Kier alpha value is -4.25. The third kappa shape index (κ3) is 8.14. The lowest BCUT2D eigenvalue weighted by molar-refractivity contribution is 0.0467. The Morgan fingerprint density at radius 1 is 0.622 bits per heavy atom. The second kappa shape index (κ2) is 13.7. The number of carbonyl (C=O) groups excluding carboxylic acids is 1. The van der Waals surface area contributed by atoms with Gasteiger partial charge >= 0.3 is 5.97 Å². The van der Waals surface area contributed by atoms with Crippen LogP contribution >= 0.6 is 0 Å². The molecule has 0 radical (unpaired) electrons. The van der Waals surface area contributed by atoms with Gasteiger partial charge in [0.2, 0.25) is 0 Å². The molecule has 0 saturated carbocycles. The molecule has 190 valence electrons. The van der Waals surface area contributed by atoms with Gasteiger partial charge in [-0.25, -0.2) is 4.79 Å². The first kappa shape index (κ1) is 25.8. The van der Waals surface area contributed by atoms with E-state index < -0.39 is 5.97 Å². The summed E-state index contributed by atoms with van der Waals surface area (Å²) < 4.78 is 23.3. The molecule has 0 N–H and O–H groups in total. The summed E-state index contributed by atoms with van der Waals surface area (Å²) in [7, 11) is 0. The molecule has 0 atom stereocenters. The maximum absolute atomic E-state index is 13.1. The molecule has 5 heteroatoms. The van der Waals surface area contributed by atoms with Crippen LogP contribution in [0.25, 0.3) is 0 Å². The number of unbranched alkanes of at least 4 members (excludes halogenated alkanes) is 1. The summed E-state index contributed by atoms with van der Waals surface area (Å²) in [5.74, 6) is 1.34. The fourth-order valence-corrected chi connectivity index (χ4v) is 3.60. The first-order valence-electron chi connectivity index (χ1n) is 12.6. The zero-order valence-electron chi connectivity index (χ0n) is 21.1. The zero-order chi connectivity index (χ0) is 25.7. The minimum Gasteiger partial charge on any atom is -0.494 e. The van der Waals surface area contributed by atoms with E-state index in [1.54, 1.807) is 18.2 Å². The molecule has 37 heavy (non-hydrogen) atoms. The molecule has 4 rings (SSSR count). The van der Waals surface area contributed by atoms with Gasteiger partial charge in [0.15, 0.2) is 0 Å². The second-order valence-corrected chi connectivity index (χ2v) is 8.63. The van der Waals surface area contributed by atoms with Gasteiger partial charge in [0.25, 0.3) is 0 Å². The molecule has 0 aliphatic carbocycles. The van der Waals surface area contributed by atoms with Crippen LogP contribution in [0.3, 0.4) is 0 Å². The van der Waals surface area contributed by atoms with Crippen molar-refractivity contribution in [1.29, 1.82) is 0 Å². The highest BCUT2D eigenvalue weighted by Crippen LogP contribution is 2.27. The summed E-state index contributed by atoms with van der Waals surface area (Å²) in [6, 6.07) is 32.5. The van der Waals surface area contributed by atoms with E-state index in [2.05, 4.69) is 6.92 Å². The molecule has 5 nitrogen and oxygen atoms in total. The molecule has 0 bridgehead atoms. The van der Waals surface area contributed by atoms with E-state index in [0.29, 0.717) is 36.9 Å². The largest absolute Gasteiger partial charge is 0.494 e. The number of rotatable bonds is 13. The van der Waals surface area contributed by atoms with Crippen LogP contribution in [0, 0.1) is 0 Å². The zero-order valence-corrected chi connectivity index (χ0v) is 21.1. The third-order valence-corrected chi connectivity index (χ3v) is 5.72. The van der Waals surface area contributed by atoms with Gasteiger partial charge in [-0.05, 0) is 53.4 Å². The van der Waals surface area contributed by atoms with Gasteiger partial charge in [0.05, 0.1) is 6.61 Å². The summed E-state index contributed by atoms with van der Waals surface area (Å²) in [5, 5.41) is 0. The van der Waals surface area contributed by atoms with E-state index in [0.717, 1.165) is 35.3 Å². The van der Waals surface area contributed by atoms with Gasteiger partial charge in [0.1, 0.15) is 42.6 Å². The van der Waals surface area contributed by atoms with Crippen molar-refractivity contribution in [2.75, 3.05) is 6.61 Å². The molecule has 0 spiro atoms. The van der Waals surface area contributed by atoms with Gasteiger partial charge in [-0.3, -0.25) is 0 Å². The maximum atomic E-state index is 13.1. The van der Waals surface area contributed by atoms with Crippen molar-refractivity contribution < 1.29 is 23.7 Å². The Kier molecular flexibility index (Phi) is 9.59. The van der Waals surface area contributed by atoms with E-state index in [1.165, 1.54) is 0 Å². The van der Waals surface area contributed by atoms with E-state index in [9.17, 15) is 4.79 Å². The minimum absolute atomic E-state index is 0.140. The number of carbonyl (C=O) groups is 1. The molecule has 0 saturated heterocycles. The highest BCUT2D eigenvalue weighted by atomic mass is 16.5. The molecule has 0 aliphatic heterocycles. The number of esters is 1. The number of ether oxygens (including phenoxy) is 4. The lowest BCUT2D eigenvalue weighted by Crippen LogP contribution is -2.09. The molecule has 0 aromatic heterocycles. The van der Waals surface area contributed by atoms with Gasteiger partial charge in [-0.2, -0.15) is 0 Å². The summed E-state index contributed by atoms with van der Waals surface area (Å²) >= 11 is 0. The molecular formula is C32H32O5. The SMILES string of the molecule is CCCCOc1ccc(COC(=O)c2cc(OCc3ccccc3)ccc2OCc2ccccc2)cc1. The van der Waals surface area contributed by atoms with Crippen molar-refractivity contribution in [3.8, 4) is 17.2 Å². The standard InChI is InChI=1S/C32H32O5/c1-2-3-20-34-28-16-14-27(15-17-28)24-37-32(33)30-21-29(35-22-25-10-6-4-7-11-25)18-19-31(30)36-23-26-12-8-5-9-13-26/h4-19,21H,2-3,20,22-24H2,1H3. The van der Waals surface area contributed by atoms with Crippen molar-refractivity contribution in [2.45, 2.75) is 39.6 Å². The van der Waals surface area contributed by atoms with Crippen LogP contribution in [0.2, 0.25) is 0 Å². The predicted molar refractivity (Wildman–Crippen MR) is 144 cm³/mol. The first-order chi connectivity index (χ1) is 18.2. The normalized spacial score (nSPS) is 10.5. The summed E-state index contributed by atoms with van der Waals surface area (Å²) in [6.45, 7) is 3.70. The molecule has 0 aliphatic rings. The maximum Gasteiger partial charge on any atom is 0.342 e. The van der Waals surface area contributed by atoms with E-state index in [1.807, 2.05) is 84.9 Å². The highest BCUT2D eigenvalue weighted by Gasteiger charge is 2.17. The number of hydrogen-bond acceptors (Lipinski definition) is 5. The topological polar surface area (TPSA) is 54.0 Å². The fourth-order valence-electron chi connectivity index (χ4n) is 3.60. The molecule has 4 aromatic carbocycles. The van der Waals surface area contributed by atoms with E-state index in [-0.39, 0.29) is 6.61 Å². The molecule has 0 fully saturated rings. The Morgan fingerprint density at radius 2 is 1.22 bits per heavy atom. The predicted octanol–water partition coefficient (Wildman–Crippen LogP) is 7.38.